The highest BCUT2D eigenvalue weighted by Gasteiger charge is 2.42. The monoisotopic (exact) mass is 372 g/mol. The molecule has 6 heteroatoms. The first-order chi connectivity index (χ1) is 12.4. The Balaban J connectivity index is 1.68. The van der Waals surface area contributed by atoms with Crippen molar-refractivity contribution < 1.29 is 13.2 Å². The Morgan fingerprint density at radius 2 is 1.62 bits per heavy atom. The highest BCUT2D eigenvalue weighted by Crippen LogP contribution is 2.41. The maximum absolute atomic E-state index is 13.0. The smallest absolute Gasteiger partial charge is 0.230 e. The summed E-state index contributed by atoms with van der Waals surface area (Å²) < 4.78 is 24.9. The zero-order valence-electron chi connectivity index (χ0n) is 14.9. The maximum Gasteiger partial charge on any atom is 0.230 e. The molecule has 2 N–H and O–H groups in total. The van der Waals surface area contributed by atoms with E-state index < -0.39 is 15.4 Å². The predicted octanol–water partition coefficient (Wildman–Crippen LogP) is 3.19. The third-order valence-electron chi connectivity index (χ3n) is 4.93. The van der Waals surface area contributed by atoms with Crippen LogP contribution in [-0.4, -0.2) is 20.6 Å². The van der Waals surface area contributed by atoms with E-state index in [0.717, 1.165) is 43.1 Å². The van der Waals surface area contributed by atoms with Crippen molar-refractivity contribution in [3.05, 3.63) is 65.7 Å². The Hall–Kier alpha value is -2.34. The van der Waals surface area contributed by atoms with Gasteiger partial charge in [0.2, 0.25) is 15.9 Å². The summed E-state index contributed by atoms with van der Waals surface area (Å²) in [5.74, 6) is 0.0690. The number of sulfonamides is 1. The Labute approximate surface area is 154 Å². The highest BCUT2D eigenvalue weighted by atomic mass is 32.2. The molecule has 0 saturated heterocycles. The van der Waals surface area contributed by atoms with Crippen molar-refractivity contribution in [1.29, 1.82) is 0 Å². The van der Waals surface area contributed by atoms with Gasteiger partial charge in [0.15, 0.2) is 0 Å². The summed E-state index contributed by atoms with van der Waals surface area (Å²) in [6.07, 6.45) is 4.99. The van der Waals surface area contributed by atoms with Crippen LogP contribution in [0.5, 0.6) is 0 Å². The van der Waals surface area contributed by atoms with Crippen LogP contribution in [0.25, 0.3) is 0 Å². The van der Waals surface area contributed by atoms with Crippen LogP contribution in [0.3, 0.4) is 0 Å². The van der Waals surface area contributed by atoms with E-state index in [0.29, 0.717) is 12.2 Å². The lowest BCUT2D eigenvalue weighted by Crippen LogP contribution is -2.42. The second kappa shape index (κ2) is 7.50. The van der Waals surface area contributed by atoms with Crippen LogP contribution in [-0.2, 0) is 26.8 Å². The van der Waals surface area contributed by atoms with Gasteiger partial charge in [-0.3, -0.25) is 9.52 Å². The molecule has 1 amide bonds. The molecule has 0 unspecified atom stereocenters. The SMILES string of the molecule is CS(=O)(=O)Nc1ccc(CNC(=O)C2(c3ccccc3)CCCC2)cc1. The fourth-order valence-electron chi connectivity index (χ4n) is 3.64. The average molecular weight is 372 g/mol. The first-order valence-corrected chi connectivity index (χ1v) is 10.7. The molecular weight excluding hydrogens is 348 g/mol. The Morgan fingerprint density at radius 3 is 2.19 bits per heavy atom. The summed E-state index contributed by atoms with van der Waals surface area (Å²) in [5, 5.41) is 3.07. The van der Waals surface area contributed by atoms with Crippen LogP contribution < -0.4 is 10.0 Å². The third-order valence-corrected chi connectivity index (χ3v) is 5.53. The molecule has 0 radical (unpaired) electrons. The Kier molecular flexibility index (Phi) is 5.32. The normalized spacial score (nSPS) is 16.2. The molecule has 1 aliphatic carbocycles. The number of hydrogen-bond donors (Lipinski definition) is 2. The van der Waals surface area contributed by atoms with E-state index in [-0.39, 0.29) is 5.91 Å². The number of nitrogens with one attached hydrogen (secondary N) is 2. The van der Waals surface area contributed by atoms with Gasteiger partial charge in [-0.05, 0) is 36.1 Å². The minimum atomic E-state index is -3.29. The molecule has 0 aromatic heterocycles. The fraction of sp³-hybridized carbons (Fsp3) is 0.350. The minimum Gasteiger partial charge on any atom is -0.351 e. The van der Waals surface area contributed by atoms with Crippen LogP contribution in [0, 0.1) is 0 Å². The van der Waals surface area contributed by atoms with E-state index in [2.05, 4.69) is 10.0 Å². The summed E-state index contributed by atoms with van der Waals surface area (Å²) in [7, 11) is -3.29. The van der Waals surface area contributed by atoms with E-state index in [1.165, 1.54) is 0 Å². The number of carbonyl (C=O) groups excluding carboxylic acids is 1. The van der Waals surface area contributed by atoms with Crippen LogP contribution >= 0.6 is 0 Å². The third kappa shape index (κ3) is 4.25. The lowest BCUT2D eigenvalue weighted by atomic mass is 9.78. The predicted molar refractivity (Wildman–Crippen MR) is 103 cm³/mol. The van der Waals surface area contributed by atoms with Crippen molar-refractivity contribution in [3.8, 4) is 0 Å². The average Bonchev–Trinajstić information content (AvgIpc) is 3.11. The van der Waals surface area contributed by atoms with Gasteiger partial charge in [0.1, 0.15) is 0 Å². The molecule has 1 aliphatic rings. The molecule has 0 atom stereocenters. The molecule has 5 nitrogen and oxygen atoms in total. The van der Waals surface area contributed by atoms with Gasteiger partial charge in [-0.15, -0.1) is 0 Å². The van der Waals surface area contributed by atoms with Gasteiger partial charge < -0.3 is 5.32 Å². The van der Waals surface area contributed by atoms with Gasteiger partial charge >= 0.3 is 0 Å². The van der Waals surface area contributed by atoms with Crippen LogP contribution in [0.1, 0.15) is 36.8 Å². The highest BCUT2D eigenvalue weighted by molar-refractivity contribution is 7.92. The zero-order valence-corrected chi connectivity index (χ0v) is 15.7. The summed E-state index contributed by atoms with van der Waals surface area (Å²) >= 11 is 0. The quantitative estimate of drug-likeness (QED) is 0.818. The molecule has 1 saturated carbocycles. The fourth-order valence-corrected chi connectivity index (χ4v) is 4.20. The van der Waals surface area contributed by atoms with Crippen LogP contribution in [0.15, 0.2) is 54.6 Å². The first kappa shape index (κ1) is 18.5. The lowest BCUT2D eigenvalue weighted by Gasteiger charge is -2.28. The molecule has 138 valence electrons. The molecule has 2 aromatic carbocycles. The topological polar surface area (TPSA) is 75.3 Å². The molecule has 1 fully saturated rings. The van der Waals surface area contributed by atoms with Gasteiger partial charge in [-0.25, -0.2) is 8.42 Å². The minimum absolute atomic E-state index is 0.0690. The molecular formula is C20H24N2O3S. The molecule has 0 aliphatic heterocycles. The molecule has 0 bridgehead atoms. The number of benzene rings is 2. The van der Waals surface area contributed by atoms with Crippen molar-refractivity contribution in [1.82, 2.24) is 5.32 Å². The lowest BCUT2D eigenvalue weighted by molar-refractivity contribution is -0.126. The second-order valence-electron chi connectivity index (χ2n) is 6.91. The van der Waals surface area contributed by atoms with Gasteiger partial charge in [0.25, 0.3) is 0 Å². The summed E-state index contributed by atoms with van der Waals surface area (Å²) in [6.45, 7) is 0.423. The van der Waals surface area contributed by atoms with Crippen molar-refractivity contribution in [2.75, 3.05) is 11.0 Å². The van der Waals surface area contributed by atoms with Crippen molar-refractivity contribution in [2.24, 2.45) is 0 Å². The summed E-state index contributed by atoms with van der Waals surface area (Å²) in [6, 6.07) is 17.0. The molecule has 26 heavy (non-hydrogen) atoms. The van der Waals surface area contributed by atoms with Gasteiger partial charge in [-0.1, -0.05) is 55.3 Å². The number of carbonyl (C=O) groups is 1. The summed E-state index contributed by atoms with van der Waals surface area (Å²) in [5.41, 5.74) is 2.10. The van der Waals surface area contributed by atoms with Crippen LogP contribution in [0.4, 0.5) is 5.69 Å². The largest absolute Gasteiger partial charge is 0.351 e. The summed E-state index contributed by atoms with van der Waals surface area (Å²) in [4.78, 5) is 13.0. The first-order valence-electron chi connectivity index (χ1n) is 8.80. The van der Waals surface area contributed by atoms with Crippen molar-refractivity contribution >= 4 is 21.6 Å². The van der Waals surface area contributed by atoms with E-state index in [1.807, 2.05) is 42.5 Å². The molecule has 2 aromatic rings. The van der Waals surface area contributed by atoms with Crippen LogP contribution in [0.2, 0.25) is 0 Å². The second-order valence-corrected chi connectivity index (χ2v) is 8.66. The van der Waals surface area contributed by atoms with Gasteiger partial charge in [-0.2, -0.15) is 0 Å². The maximum atomic E-state index is 13.0. The number of anilines is 1. The van der Waals surface area contributed by atoms with Gasteiger partial charge in [0, 0.05) is 12.2 Å². The molecule has 0 spiro atoms. The van der Waals surface area contributed by atoms with Gasteiger partial charge in [0.05, 0.1) is 11.7 Å². The number of hydrogen-bond acceptors (Lipinski definition) is 3. The Morgan fingerprint density at radius 1 is 1.00 bits per heavy atom. The number of amides is 1. The molecule has 0 heterocycles. The van der Waals surface area contributed by atoms with Crippen molar-refractivity contribution in [3.63, 3.8) is 0 Å². The Bertz CT molecular complexity index is 856. The van der Waals surface area contributed by atoms with E-state index in [4.69, 9.17) is 0 Å². The molecule has 3 rings (SSSR count). The van der Waals surface area contributed by atoms with Crippen molar-refractivity contribution in [2.45, 2.75) is 37.6 Å². The zero-order chi connectivity index (χ0) is 18.6. The van der Waals surface area contributed by atoms with E-state index in [1.54, 1.807) is 12.1 Å². The number of rotatable bonds is 6. The standard InChI is InChI=1S/C20H24N2O3S/c1-26(24,25)22-18-11-9-16(10-12-18)15-21-19(23)20(13-5-6-14-20)17-7-3-2-4-8-17/h2-4,7-12,22H,5-6,13-15H2,1H3,(H,21,23). The van der Waals surface area contributed by atoms with E-state index in [9.17, 15) is 13.2 Å². The van der Waals surface area contributed by atoms with E-state index >= 15 is 0 Å².